The normalized spacial score (nSPS) is 10.4. The first kappa shape index (κ1) is 16.0. The maximum absolute atomic E-state index is 12.1. The van der Waals surface area contributed by atoms with E-state index < -0.39 is 11.8 Å². The molecule has 0 radical (unpaired) electrons. The number of halogens is 1. The van der Waals surface area contributed by atoms with Gasteiger partial charge < -0.3 is 10.6 Å². The summed E-state index contributed by atoms with van der Waals surface area (Å²) in [6, 6.07) is 16.1. The molecule has 2 aromatic carbocycles. The Hall–Kier alpha value is -2.92. The molecule has 0 fully saturated rings. The second-order valence-corrected chi connectivity index (χ2v) is 5.54. The number of rotatable bonds is 4. The van der Waals surface area contributed by atoms with Crippen molar-refractivity contribution >= 4 is 45.7 Å². The highest BCUT2D eigenvalue weighted by atomic mass is 35.5. The monoisotopic (exact) mass is 339 g/mol. The highest BCUT2D eigenvalue weighted by molar-refractivity contribution is 6.33. The van der Waals surface area contributed by atoms with Crippen LogP contribution in [0.25, 0.3) is 10.9 Å². The summed E-state index contributed by atoms with van der Waals surface area (Å²) < 4.78 is 0. The summed E-state index contributed by atoms with van der Waals surface area (Å²) in [5.74, 6) is -0.855. The SMILES string of the molecule is O=C(CC(=O)Nc1cccc2cccnc12)Nc1ccccc1Cl. The van der Waals surface area contributed by atoms with Crippen LogP contribution in [0.1, 0.15) is 6.42 Å². The lowest BCUT2D eigenvalue weighted by Gasteiger charge is -2.09. The smallest absolute Gasteiger partial charge is 0.233 e. The van der Waals surface area contributed by atoms with Gasteiger partial charge in [-0.05, 0) is 24.3 Å². The van der Waals surface area contributed by atoms with Crippen LogP contribution in [0.15, 0.2) is 60.8 Å². The van der Waals surface area contributed by atoms with Crippen LogP contribution in [0.2, 0.25) is 5.02 Å². The third-order valence-corrected chi connectivity index (χ3v) is 3.71. The summed E-state index contributed by atoms with van der Waals surface area (Å²) >= 11 is 5.98. The van der Waals surface area contributed by atoms with Crippen LogP contribution in [0.4, 0.5) is 11.4 Å². The summed E-state index contributed by atoms with van der Waals surface area (Å²) in [6.07, 6.45) is 1.34. The maximum atomic E-state index is 12.1. The molecule has 3 aromatic rings. The minimum atomic E-state index is -0.436. The average Bonchev–Trinajstić information content (AvgIpc) is 2.57. The first-order valence-corrected chi connectivity index (χ1v) is 7.69. The van der Waals surface area contributed by atoms with Crippen LogP contribution < -0.4 is 10.6 Å². The summed E-state index contributed by atoms with van der Waals surface area (Å²) in [4.78, 5) is 28.4. The van der Waals surface area contributed by atoms with Gasteiger partial charge >= 0.3 is 0 Å². The van der Waals surface area contributed by atoms with Crippen molar-refractivity contribution in [3.63, 3.8) is 0 Å². The number of amides is 2. The molecule has 1 heterocycles. The molecular formula is C18H14ClN3O2. The minimum absolute atomic E-state index is 0.311. The Bertz CT molecular complexity index is 906. The number of fused-ring (bicyclic) bond motifs is 1. The van der Waals surface area contributed by atoms with E-state index in [0.717, 1.165) is 5.39 Å². The number of nitrogens with one attached hydrogen (secondary N) is 2. The standard InChI is InChI=1S/C18H14ClN3O2/c19-13-7-1-2-8-14(13)21-16(23)11-17(24)22-15-9-3-5-12-6-4-10-20-18(12)15/h1-10H,11H2,(H,21,23)(H,22,24). The van der Waals surface area contributed by atoms with E-state index in [4.69, 9.17) is 11.6 Å². The van der Waals surface area contributed by atoms with Gasteiger partial charge in [0.15, 0.2) is 0 Å². The van der Waals surface area contributed by atoms with Gasteiger partial charge in [0.05, 0.1) is 21.9 Å². The Morgan fingerprint density at radius 2 is 1.54 bits per heavy atom. The van der Waals surface area contributed by atoms with Crippen LogP contribution in [0, 0.1) is 0 Å². The van der Waals surface area contributed by atoms with E-state index in [-0.39, 0.29) is 6.42 Å². The third kappa shape index (κ3) is 3.70. The van der Waals surface area contributed by atoms with Gasteiger partial charge in [0, 0.05) is 11.6 Å². The van der Waals surface area contributed by atoms with Gasteiger partial charge in [-0.3, -0.25) is 14.6 Å². The first-order valence-electron chi connectivity index (χ1n) is 7.31. The fraction of sp³-hybridized carbons (Fsp3) is 0.0556. The van der Waals surface area contributed by atoms with Gasteiger partial charge in [-0.25, -0.2) is 0 Å². The van der Waals surface area contributed by atoms with E-state index in [1.54, 1.807) is 36.5 Å². The molecule has 0 aliphatic carbocycles. The van der Waals surface area contributed by atoms with Crippen molar-refractivity contribution in [3.05, 3.63) is 65.8 Å². The van der Waals surface area contributed by atoms with E-state index in [2.05, 4.69) is 15.6 Å². The number of carbonyl (C=O) groups is 2. The number of para-hydroxylation sites is 2. The zero-order valence-corrected chi connectivity index (χ0v) is 13.4. The van der Waals surface area contributed by atoms with Crippen molar-refractivity contribution in [2.45, 2.75) is 6.42 Å². The summed E-state index contributed by atoms with van der Waals surface area (Å²) in [6.45, 7) is 0. The molecule has 120 valence electrons. The largest absolute Gasteiger partial charge is 0.324 e. The second-order valence-electron chi connectivity index (χ2n) is 5.13. The van der Waals surface area contributed by atoms with E-state index in [1.807, 2.05) is 24.3 Å². The number of aromatic nitrogens is 1. The van der Waals surface area contributed by atoms with Crippen molar-refractivity contribution in [3.8, 4) is 0 Å². The van der Waals surface area contributed by atoms with Crippen LogP contribution in [0.5, 0.6) is 0 Å². The predicted octanol–water partition coefficient (Wildman–Crippen LogP) is 3.86. The zero-order valence-electron chi connectivity index (χ0n) is 12.6. The van der Waals surface area contributed by atoms with Crippen LogP contribution in [-0.4, -0.2) is 16.8 Å². The lowest BCUT2D eigenvalue weighted by molar-refractivity contribution is -0.123. The van der Waals surface area contributed by atoms with Crippen molar-refractivity contribution in [1.82, 2.24) is 4.98 Å². The molecule has 3 rings (SSSR count). The number of nitrogens with zero attached hydrogens (tertiary/aromatic N) is 1. The summed E-state index contributed by atoms with van der Waals surface area (Å²) in [7, 11) is 0. The second kappa shape index (κ2) is 7.10. The Kier molecular flexibility index (Phi) is 4.72. The van der Waals surface area contributed by atoms with Gasteiger partial charge in [0.2, 0.25) is 11.8 Å². The molecule has 24 heavy (non-hydrogen) atoms. The molecule has 0 saturated carbocycles. The van der Waals surface area contributed by atoms with Crippen LogP contribution in [0.3, 0.4) is 0 Å². The lowest BCUT2D eigenvalue weighted by atomic mass is 10.2. The van der Waals surface area contributed by atoms with E-state index >= 15 is 0 Å². The molecule has 0 aliphatic heterocycles. The van der Waals surface area contributed by atoms with Gasteiger partial charge in [-0.15, -0.1) is 0 Å². The number of hydrogen-bond donors (Lipinski definition) is 2. The first-order chi connectivity index (χ1) is 11.6. The van der Waals surface area contributed by atoms with Crippen LogP contribution >= 0.6 is 11.6 Å². The molecule has 6 heteroatoms. The molecule has 0 aliphatic rings. The van der Waals surface area contributed by atoms with Crippen molar-refractivity contribution in [2.24, 2.45) is 0 Å². The van der Waals surface area contributed by atoms with Gasteiger partial charge in [0.25, 0.3) is 0 Å². The van der Waals surface area contributed by atoms with E-state index in [1.165, 1.54) is 0 Å². The highest BCUT2D eigenvalue weighted by Gasteiger charge is 2.12. The van der Waals surface area contributed by atoms with Crippen molar-refractivity contribution in [1.29, 1.82) is 0 Å². The summed E-state index contributed by atoms with van der Waals surface area (Å²) in [5.41, 5.74) is 1.73. The van der Waals surface area contributed by atoms with Crippen LogP contribution in [-0.2, 0) is 9.59 Å². The Morgan fingerprint density at radius 1 is 0.875 bits per heavy atom. The molecule has 0 bridgehead atoms. The Morgan fingerprint density at radius 3 is 2.33 bits per heavy atom. The highest BCUT2D eigenvalue weighted by Crippen LogP contribution is 2.22. The number of anilines is 2. The molecular weight excluding hydrogens is 326 g/mol. The molecule has 0 atom stereocenters. The van der Waals surface area contributed by atoms with Crippen molar-refractivity contribution < 1.29 is 9.59 Å². The minimum Gasteiger partial charge on any atom is -0.324 e. The predicted molar refractivity (Wildman–Crippen MR) is 95.1 cm³/mol. The number of carbonyl (C=O) groups excluding carboxylic acids is 2. The maximum Gasteiger partial charge on any atom is 0.233 e. The molecule has 2 amide bonds. The third-order valence-electron chi connectivity index (χ3n) is 3.38. The Labute approximate surface area is 143 Å². The molecule has 1 aromatic heterocycles. The topological polar surface area (TPSA) is 71.1 Å². The fourth-order valence-corrected chi connectivity index (χ4v) is 2.49. The van der Waals surface area contributed by atoms with Crippen molar-refractivity contribution in [2.75, 3.05) is 10.6 Å². The number of pyridine rings is 1. The fourth-order valence-electron chi connectivity index (χ4n) is 2.30. The quantitative estimate of drug-likeness (QED) is 0.709. The molecule has 2 N–H and O–H groups in total. The van der Waals surface area contributed by atoms with Gasteiger partial charge in [0.1, 0.15) is 6.42 Å². The van der Waals surface area contributed by atoms with Gasteiger partial charge in [-0.2, -0.15) is 0 Å². The zero-order chi connectivity index (χ0) is 16.9. The molecule has 0 spiro atoms. The molecule has 5 nitrogen and oxygen atoms in total. The van der Waals surface area contributed by atoms with Gasteiger partial charge in [-0.1, -0.05) is 41.9 Å². The number of hydrogen-bond acceptors (Lipinski definition) is 3. The molecule has 0 saturated heterocycles. The number of benzene rings is 2. The Balaban J connectivity index is 1.67. The van der Waals surface area contributed by atoms with E-state index in [0.29, 0.717) is 21.9 Å². The lowest BCUT2D eigenvalue weighted by Crippen LogP contribution is -2.21. The average molecular weight is 340 g/mol. The van der Waals surface area contributed by atoms with E-state index in [9.17, 15) is 9.59 Å². The molecule has 0 unspecified atom stereocenters. The summed E-state index contributed by atoms with van der Waals surface area (Å²) in [5, 5.41) is 6.67.